The SMILES string of the molecule is O=C(CN1CCNCC1)NCc1ccc([N+](=O)[O-])cc1. The van der Waals surface area contributed by atoms with Gasteiger partial charge in [0.05, 0.1) is 11.5 Å². The zero-order chi connectivity index (χ0) is 14.4. The Morgan fingerprint density at radius 2 is 1.95 bits per heavy atom. The Hall–Kier alpha value is -1.99. The quantitative estimate of drug-likeness (QED) is 0.590. The smallest absolute Gasteiger partial charge is 0.269 e. The minimum Gasteiger partial charge on any atom is -0.351 e. The van der Waals surface area contributed by atoms with Gasteiger partial charge in [-0.15, -0.1) is 0 Å². The summed E-state index contributed by atoms with van der Waals surface area (Å²) in [6, 6.07) is 6.20. The Bertz CT molecular complexity index is 469. The summed E-state index contributed by atoms with van der Waals surface area (Å²) in [7, 11) is 0. The Balaban J connectivity index is 1.76. The van der Waals surface area contributed by atoms with Crippen molar-refractivity contribution in [2.45, 2.75) is 6.54 Å². The highest BCUT2D eigenvalue weighted by Gasteiger charge is 2.13. The van der Waals surface area contributed by atoms with Gasteiger partial charge in [-0.25, -0.2) is 0 Å². The van der Waals surface area contributed by atoms with Gasteiger partial charge >= 0.3 is 0 Å². The first-order chi connectivity index (χ1) is 9.65. The van der Waals surface area contributed by atoms with Crippen molar-refractivity contribution >= 4 is 11.6 Å². The molecule has 1 aromatic carbocycles. The second-order valence-corrected chi connectivity index (χ2v) is 4.73. The van der Waals surface area contributed by atoms with Gasteiger partial charge in [-0.2, -0.15) is 0 Å². The maximum atomic E-state index is 11.8. The van der Waals surface area contributed by atoms with Gasteiger partial charge in [0.15, 0.2) is 0 Å². The van der Waals surface area contributed by atoms with Crippen molar-refractivity contribution in [3.05, 3.63) is 39.9 Å². The van der Waals surface area contributed by atoms with Crippen LogP contribution < -0.4 is 10.6 Å². The minimum absolute atomic E-state index is 0.0229. The summed E-state index contributed by atoms with van der Waals surface area (Å²) in [6.07, 6.45) is 0. The first-order valence-electron chi connectivity index (χ1n) is 6.58. The zero-order valence-electron chi connectivity index (χ0n) is 11.2. The molecule has 1 heterocycles. The predicted octanol–water partition coefficient (Wildman–Crippen LogP) is 0.116. The highest BCUT2D eigenvalue weighted by molar-refractivity contribution is 5.78. The number of piperazine rings is 1. The molecular formula is C13H18N4O3. The van der Waals surface area contributed by atoms with Crippen LogP contribution in [0.5, 0.6) is 0 Å². The number of nitro groups is 1. The van der Waals surface area contributed by atoms with E-state index in [4.69, 9.17) is 0 Å². The molecule has 2 N–H and O–H groups in total. The van der Waals surface area contributed by atoms with Crippen LogP contribution in [0.15, 0.2) is 24.3 Å². The van der Waals surface area contributed by atoms with Gasteiger partial charge in [-0.1, -0.05) is 12.1 Å². The van der Waals surface area contributed by atoms with Crippen LogP contribution in [0.1, 0.15) is 5.56 Å². The Labute approximate surface area is 117 Å². The lowest BCUT2D eigenvalue weighted by atomic mass is 10.2. The first-order valence-corrected chi connectivity index (χ1v) is 6.58. The monoisotopic (exact) mass is 278 g/mol. The average molecular weight is 278 g/mol. The molecule has 1 amide bonds. The van der Waals surface area contributed by atoms with Gasteiger partial charge in [0.1, 0.15) is 0 Å². The second kappa shape index (κ2) is 6.97. The zero-order valence-corrected chi connectivity index (χ0v) is 11.2. The van der Waals surface area contributed by atoms with Crippen molar-refractivity contribution in [1.29, 1.82) is 0 Å². The van der Waals surface area contributed by atoms with E-state index in [1.165, 1.54) is 12.1 Å². The van der Waals surface area contributed by atoms with Gasteiger partial charge in [0.25, 0.3) is 5.69 Å². The highest BCUT2D eigenvalue weighted by atomic mass is 16.6. The van der Waals surface area contributed by atoms with Crippen LogP contribution in [0.3, 0.4) is 0 Å². The molecule has 0 unspecified atom stereocenters. The molecule has 7 heteroatoms. The van der Waals surface area contributed by atoms with Crippen LogP contribution in [-0.4, -0.2) is 48.5 Å². The highest BCUT2D eigenvalue weighted by Crippen LogP contribution is 2.11. The number of hydrogen-bond donors (Lipinski definition) is 2. The number of nitrogens with zero attached hydrogens (tertiary/aromatic N) is 2. The van der Waals surface area contributed by atoms with E-state index in [0.717, 1.165) is 31.7 Å². The van der Waals surface area contributed by atoms with E-state index < -0.39 is 4.92 Å². The summed E-state index contributed by atoms with van der Waals surface area (Å²) < 4.78 is 0. The van der Waals surface area contributed by atoms with Crippen molar-refractivity contribution < 1.29 is 9.72 Å². The lowest BCUT2D eigenvalue weighted by Crippen LogP contribution is -2.47. The summed E-state index contributed by atoms with van der Waals surface area (Å²) >= 11 is 0. The predicted molar refractivity (Wildman–Crippen MR) is 74.3 cm³/mol. The molecular weight excluding hydrogens is 260 g/mol. The summed E-state index contributed by atoms with van der Waals surface area (Å²) in [4.78, 5) is 24.0. The van der Waals surface area contributed by atoms with Gasteiger partial charge in [-0.3, -0.25) is 19.8 Å². The molecule has 0 bridgehead atoms. The molecule has 2 rings (SSSR count). The molecule has 1 saturated heterocycles. The molecule has 0 aromatic heterocycles. The van der Waals surface area contributed by atoms with E-state index >= 15 is 0 Å². The van der Waals surface area contributed by atoms with E-state index in [1.54, 1.807) is 12.1 Å². The number of nitrogens with one attached hydrogen (secondary N) is 2. The van der Waals surface area contributed by atoms with Crippen LogP contribution in [0, 0.1) is 10.1 Å². The number of rotatable bonds is 5. The Morgan fingerprint density at radius 1 is 1.30 bits per heavy atom. The van der Waals surface area contributed by atoms with Gasteiger partial charge in [0, 0.05) is 44.9 Å². The van der Waals surface area contributed by atoms with Crippen LogP contribution >= 0.6 is 0 Å². The number of hydrogen-bond acceptors (Lipinski definition) is 5. The topological polar surface area (TPSA) is 87.5 Å². The molecule has 0 atom stereocenters. The first kappa shape index (κ1) is 14.4. The molecule has 7 nitrogen and oxygen atoms in total. The number of non-ortho nitro benzene ring substituents is 1. The third kappa shape index (κ3) is 4.29. The Kier molecular flexibility index (Phi) is 5.03. The summed E-state index contributed by atoms with van der Waals surface area (Å²) in [5.41, 5.74) is 0.908. The maximum absolute atomic E-state index is 11.8. The minimum atomic E-state index is -0.438. The van der Waals surface area contributed by atoms with Crippen LogP contribution in [-0.2, 0) is 11.3 Å². The third-order valence-electron chi connectivity index (χ3n) is 3.21. The van der Waals surface area contributed by atoms with E-state index in [-0.39, 0.29) is 11.6 Å². The largest absolute Gasteiger partial charge is 0.351 e. The Morgan fingerprint density at radius 3 is 2.55 bits per heavy atom. The fourth-order valence-corrected chi connectivity index (χ4v) is 2.06. The molecule has 1 aliphatic heterocycles. The van der Waals surface area contributed by atoms with Crippen LogP contribution in [0.2, 0.25) is 0 Å². The number of benzene rings is 1. The van der Waals surface area contributed by atoms with E-state index in [2.05, 4.69) is 15.5 Å². The van der Waals surface area contributed by atoms with Gasteiger partial charge in [0.2, 0.25) is 5.91 Å². The summed E-state index contributed by atoms with van der Waals surface area (Å²) in [6.45, 7) is 4.37. The molecule has 0 spiro atoms. The second-order valence-electron chi connectivity index (χ2n) is 4.73. The lowest BCUT2D eigenvalue weighted by Gasteiger charge is -2.26. The van der Waals surface area contributed by atoms with Gasteiger partial charge < -0.3 is 10.6 Å². The molecule has 0 aliphatic carbocycles. The van der Waals surface area contributed by atoms with Crippen molar-refractivity contribution in [1.82, 2.24) is 15.5 Å². The van der Waals surface area contributed by atoms with E-state index in [9.17, 15) is 14.9 Å². The summed E-state index contributed by atoms with van der Waals surface area (Å²) in [5.74, 6) is -0.0229. The van der Waals surface area contributed by atoms with Crippen molar-refractivity contribution in [2.24, 2.45) is 0 Å². The summed E-state index contributed by atoms with van der Waals surface area (Å²) in [5, 5.41) is 16.6. The molecule has 108 valence electrons. The maximum Gasteiger partial charge on any atom is 0.269 e. The molecule has 1 aliphatic rings. The standard InChI is InChI=1S/C13H18N4O3/c18-13(10-16-7-5-14-6-8-16)15-9-11-1-3-12(4-2-11)17(19)20/h1-4,14H,5-10H2,(H,15,18). The van der Waals surface area contributed by atoms with Crippen molar-refractivity contribution in [3.63, 3.8) is 0 Å². The van der Waals surface area contributed by atoms with Crippen LogP contribution in [0.4, 0.5) is 5.69 Å². The van der Waals surface area contributed by atoms with Crippen molar-refractivity contribution in [3.8, 4) is 0 Å². The lowest BCUT2D eigenvalue weighted by molar-refractivity contribution is -0.384. The third-order valence-corrected chi connectivity index (χ3v) is 3.21. The number of carbonyl (C=O) groups is 1. The molecule has 0 radical (unpaired) electrons. The normalized spacial score (nSPS) is 15.8. The number of amides is 1. The average Bonchev–Trinajstić information content (AvgIpc) is 2.46. The van der Waals surface area contributed by atoms with Gasteiger partial charge in [-0.05, 0) is 5.56 Å². The van der Waals surface area contributed by atoms with Crippen molar-refractivity contribution in [2.75, 3.05) is 32.7 Å². The van der Waals surface area contributed by atoms with Crippen LogP contribution in [0.25, 0.3) is 0 Å². The molecule has 1 aromatic rings. The molecule has 0 saturated carbocycles. The van der Waals surface area contributed by atoms with E-state index in [0.29, 0.717) is 13.1 Å². The fourth-order valence-electron chi connectivity index (χ4n) is 2.06. The van der Waals surface area contributed by atoms with E-state index in [1.807, 2.05) is 0 Å². The number of nitro benzene ring substituents is 1. The number of carbonyl (C=O) groups excluding carboxylic acids is 1. The fraction of sp³-hybridized carbons (Fsp3) is 0.462. The molecule has 1 fully saturated rings. The molecule has 20 heavy (non-hydrogen) atoms.